The molecule has 0 N–H and O–H groups in total. The van der Waals surface area contributed by atoms with Crippen LogP contribution >= 0.6 is 15.9 Å². The molecule has 1 saturated carbocycles. The Morgan fingerprint density at radius 3 is 2.82 bits per heavy atom. The Hall–Kier alpha value is -1.10. The van der Waals surface area contributed by atoms with E-state index in [4.69, 9.17) is 9.47 Å². The Bertz CT molecular complexity index is 401. The summed E-state index contributed by atoms with van der Waals surface area (Å²) >= 11 is 3.30. The molecule has 17 heavy (non-hydrogen) atoms. The van der Waals surface area contributed by atoms with Crippen molar-refractivity contribution in [3.63, 3.8) is 0 Å². The highest BCUT2D eigenvalue weighted by Crippen LogP contribution is 2.46. The van der Waals surface area contributed by atoms with Crippen molar-refractivity contribution in [3.8, 4) is 5.88 Å². The molecule has 5 heteroatoms. The number of rotatable bonds is 5. The van der Waals surface area contributed by atoms with Crippen LogP contribution in [0, 0.1) is 5.41 Å². The van der Waals surface area contributed by atoms with E-state index >= 15 is 0 Å². The highest BCUT2D eigenvalue weighted by Gasteiger charge is 2.52. The molecule has 0 aliphatic heterocycles. The summed E-state index contributed by atoms with van der Waals surface area (Å²) in [5.41, 5.74) is -0.426. The van der Waals surface area contributed by atoms with E-state index in [0.29, 0.717) is 19.1 Å². The molecule has 0 radical (unpaired) electrons. The second-order valence-electron chi connectivity index (χ2n) is 4.10. The largest absolute Gasteiger partial charge is 0.476 e. The zero-order valence-corrected chi connectivity index (χ0v) is 11.2. The van der Waals surface area contributed by atoms with E-state index in [-0.39, 0.29) is 5.97 Å². The number of halogens is 1. The van der Waals surface area contributed by atoms with Crippen molar-refractivity contribution < 1.29 is 14.3 Å². The van der Waals surface area contributed by atoms with Crippen LogP contribution in [0.3, 0.4) is 0 Å². The zero-order chi connectivity index (χ0) is 12.3. The van der Waals surface area contributed by atoms with Crippen LogP contribution in [0.4, 0.5) is 0 Å². The van der Waals surface area contributed by atoms with E-state index in [9.17, 15) is 4.79 Å². The highest BCUT2D eigenvalue weighted by molar-refractivity contribution is 9.10. The fourth-order valence-corrected chi connectivity index (χ4v) is 1.74. The third kappa shape index (κ3) is 2.97. The lowest BCUT2D eigenvalue weighted by Gasteiger charge is -2.14. The Morgan fingerprint density at radius 1 is 1.53 bits per heavy atom. The van der Waals surface area contributed by atoms with Gasteiger partial charge < -0.3 is 9.47 Å². The molecule has 1 aliphatic rings. The molecule has 0 bridgehead atoms. The second-order valence-corrected chi connectivity index (χ2v) is 5.02. The summed E-state index contributed by atoms with van der Waals surface area (Å²) in [4.78, 5) is 15.8. The van der Waals surface area contributed by atoms with Gasteiger partial charge >= 0.3 is 5.97 Å². The second kappa shape index (κ2) is 5.04. The molecular formula is C12H14BrNO3. The summed E-state index contributed by atoms with van der Waals surface area (Å²) in [5, 5.41) is 0. The van der Waals surface area contributed by atoms with Crippen molar-refractivity contribution in [1.29, 1.82) is 0 Å². The summed E-state index contributed by atoms with van der Waals surface area (Å²) in [7, 11) is 0. The molecule has 92 valence electrons. The predicted octanol–water partition coefficient (Wildman–Crippen LogP) is 2.57. The summed E-state index contributed by atoms with van der Waals surface area (Å²) in [6.07, 6.45) is 3.34. The average molecular weight is 300 g/mol. The molecule has 0 amide bonds. The molecule has 1 heterocycles. The fourth-order valence-electron chi connectivity index (χ4n) is 1.50. The number of hydrogen-bond acceptors (Lipinski definition) is 4. The van der Waals surface area contributed by atoms with Crippen LogP contribution in [0.2, 0.25) is 0 Å². The molecule has 0 spiro atoms. The van der Waals surface area contributed by atoms with Crippen LogP contribution < -0.4 is 4.74 Å². The minimum absolute atomic E-state index is 0.155. The van der Waals surface area contributed by atoms with Gasteiger partial charge in [-0.15, -0.1) is 0 Å². The van der Waals surface area contributed by atoms with E-state index in [1.54, 1.807) is 12.3 Å². The van der Waals surface area contributed by atoms with Gasteiger partial charge in [0.15, 0.2) is 0 Å². The third-order valence-corrected chi connectivity index (χ3v) is 3.23. The number of ether oxygens (including phenoxy) is 2. The molecule has 1 aliphatic carbocycles. The van der Waals surface area contributed by atoms with Gasteiger partial charge in [0.2, 0.25) is 5.88 Å². The molecular weight excluding hydrogens is 286 g/mol. The van der Waals surface area contributed by atoms with Crippen LogP contribution in [0.15, 0.2) is 22.8 Å². The van der Waals surface area contributed by atoms with Crippen LogP contribution in [0.25, 0.3) is 0 Å². The topological polar surface area (TPSA) is 48.4 Å². The quantitative estimate of drug-likeness (QED) is 0.784. The van der Waals surface area contributed by atoms with Crippen LogP contribution in [-0.4, -0.2) is 24.2 Å². The molecule has 0 unspecified atom stereocenters. The molecule has 2 rings (SSSR count). The Kier molecular flexibility index (Phi) is 3.66. The number of carbonyl (C=O) groups is 1. The molecule has 1 aromatic heterocycles. The fraction of sp³-hybridized carbons (Fsp3) is 0.500. The lowest BCUT2D eigenvalue weighted by Crippen LogP contribution is -2.25. The first kappa shape index (κ1) is 12.4. The monoisotopic (exact) mass is 299 g/mol. The van der Waals surface area contributed by atoms with Crippen LogP contribution in [0.1, 0.15) is 19.8 Å². The van der Waals surface area contributed by atoms with E-state index in [1.165, 1.54) is 0 Å². The van der Waals surface area contributed by atoms with Gasteiger partial charge in [-0.1, -0.05) is 0 Å². The van der Waals surface area contributed by atoms with Gasteiger partial charge in [-0.3, -0.25) is 4.79 Å². The smallest absolute Gasteiger partial charge is 0.315 e. The van der Waals surface area contributed by atoms with Gasteiger partial charge in [-0.05, 0) is 41.8 Å². The van der Waals surface area contributed by atoms with Crippen molar-refractivity contribution in [3.05, 3.63) is 22.8 Å². The minimum atomic E-state index is -0.426. The average Bonchev–Trinajstić information content (AvgIpc) is 3.10. The molecule has 1 aromatic rings. The van der Waals surface area contributed by atoms with Crippen molar-refractivity contribution in [2.75, 3.05) is 13.2 Å². The van der Waals surface area contributed by atoms with Crippen molar-refractivity contribution in [2.45, 2.75) is 19.8 Å². The third-order valence-electron chi connectivity index (χ3n) is 2.76. The van der Waals surface area contributed by atoms with E-state index in [2.05, 4.69) is 20.9 Å². The maximum Gasteiger partial charge on any atom is 0.315 e. The highest BCUT2D eigenvalue weighted by atomic mass is 79.9. The maximum atomic E-state index is 11.7. The van der Waals surface area contributed by atoms with Gasteiger partial charge in [0.05, 0.1) is 6.61 Å². The number of aromatic nitrogens is 1. The Balaban J connectivity index is 1.90. The molecule has 4 nitrogen and oxygen atoms in total. The Morgan fingerprint density at radius 2 is 2.29 bits per heavy atom. The number of esters is 1. The van der Waals surface area contributed by atoms with E-state index < -0.39 is 5.41 Å². The maximum absolute atomic E-state index is 11.7. The lowest BCUT2D eigenvalue weighted by atomic mass is 10.1. The normalized spacial score (nSPS) is 16.4. The Labute approximate surface area is 108 Å². The summed E-state index contributed by atoms with van der Waals surface area (Å²) < 4.78 is 11.5. The lowest BCUT2D eigenvalue weighted by molar-refractivity contribution is -0.150. The number of hydrogen-bond donors (Lipinski definition) is 0. The number of pyridine rings is 1. The van der Waals surface area contributed by atoms with Gasteiger partial charge in [-0.25, -0.2) is 4.98 Å². The van der Waals surface area contributed by atoms with Crippen LogP contribution in [0.5, 0.6) is 5.88 Å². The first-order chi connectivity index (χ1) is 8.16. The number of carbonyl (C=O) groups excluding carboxylic acids is 1. The van der Waals surface area contributed by atoms with Crippen LogP contribution in [-0.2, 0) is 9.53 Å². The van der Waals surface area contributed by atoms with Crippen molar-refractivity contribution in [1.82, 2.24) is 4.98 Å². The van der Waals surface area contributed by atoms with Gasteiger partial charge in [0.1, 0.15) is 12.0 Å². The minimum Gasteiger partial charge on any atom is -0.476 e. The standard InChI is InChI=1S/C12H14BrNO3/c1-2-16-11(15)12(5-6-12)8-17-10-4-3-9(13)7-14-10/h3-4,7H,2,5-6,8H2,1H3. The summed E-state index contributed by atoms with van der Waals surface area (Å²) in [6.45, 7) is 2.57. The van der Waals surface area contributed by atoms with E-state index in [0.717, 1.165) is 17.3 Å². The van der Waals surface area contributed by atoms with Gasteiger partial charge in [-0.2, -0.15) is 0 Å². The molecule has 1 fully saturated rings. The van der Waals surface area contributed by atoms with Crippen molar-refractivity contribution in [2.24, 2.45) is 5.41 Å². The van der Waals surface area contributed by atoms with Crippen molar-refractivity contribution >= 4 is 21.9 Å². The van der Waals surface area contributed by atoms with E-state index in [1.807, 2.05) is 13.0 Å². The molecule has 0 atom stereocenters. The predicted molar refractivity (Wildman–Crippen MR) is 65.7 cm³/mol. The van der Waals surface area contributed by atoms with Gasteiger partial charge in [0.25, 0.3) is 0 Å². The zero-order valence-electron chi connectivity index (χ0n) is 9.61. The first-order valence-electron chi connectivity index (χ1n) is 5.58. The SMILES string of the molecule is CCOC(=O)C1(COc2ccc(Br)cn2)CC1. The summed E-state index contributed by atoms with van der Waals surface area (Å²) in [5.74, 6) is 0.376. The van der Waals surface area contributed by atoms with Gasteiger partial charge in [0, 0.05) is 16.7 Å². The summed E-state index contributed by atoms with van der Waals surface area (Å²) in [6, 6.07) is 3.62. The molecule has 0 saturated heterocycles. The number of nitrogens with zero attached hydrogens (tertiary/aromatic N) is 1. The molecule has 0 aromatic carbocycles. The first-order valence-corrected chi connectivity index (χ1v) is 6.37.